The monoisotopic (exact) mass is 447 g/mol. The highest BCUT2D eigenvalue weighted by Crippen LogP contribution is 2.32. The molecule has 1 aromatic carbocycles. The fraction of sp³-hybridized carbons (Fsp3) is 0.500. The first kappa shape index (κ1) is 21.7. The number of aromatic nitrogens is 3. The molecule has 33 heavy (non-hydrogen) atoms. The number of nitrogens with zero attached hydrogens (tertiary/aromatic N) is 5. The average molecular weight is 448 g/mol. The number of aryl methyl sites for hydroxylation is 1. The first-order valence-corrected chi connectivity index (χ1v) is 12.1. The summed E-state index contributed by atoms with van der Waals surface area (Å²) in [5, 5.41) is 0. The molecule has 2 fully saturated rings. The number of fused-ring (bicyclic) bond motifs is 1. The topological polar surface area (TPSA) is 63.5 Å². The quantitative estimate of drug-likeness (QED) is 0.592. The van der Waals surface area contributed by atoms with Gasteiger partial charge in [-0.15, -0.1) is 0 Å². The van der Waals surface area contributed by atoms with Gasteiger partial charge in [-0.25, -0.2) is 9.97 Å². The minimum absolute atomic E-state index is 0.174. The lowest BCUT2D eigenvalue weighted by molar-refractivity contribution is -0.129. The SMILES string of the molecule is CC(=O)N1CCC(c2cc3ncc(N4CCCC(COc5ccccc5)C4)nc3n2C)CC1. The largest absolute Gasteiger partial charge is 0.493 e. The van der Waals surface area contributed by atoms with Crippen LogP contribution in [0, 0.1) is 5.92 Å². The molecule has 4 heterocycles. The number of anilines is 1. The molecule has 7 nitrogen and oxygen atoms in total. The van der Waals surface area contributed by atoms with Crippen molar-refractivity contribution >= 4 is 22.9 Å². The van der Waals surface area contributed by atoms with Gasteiger partial charge in [-0.05, 0) is 43.9 Å². The molecule has 3 aromatic rings. The van der Waals surface area contributed by atoms with Crippen LogP contribution in [-0.4, -0.2) is 58.1 Å². The zero-order valence-electron chi connectivity index (χ0n) is 19.6. The standard InChI is InChI=1S/C26H33N5O2/c1-19(32)30-13-10-21(11-14-30)24-15-23-26(29(24)2)28-25(16-27-23)31-12-6-7-20(17-31)18-33-22-8-4-3-5-9-22/h3-5,8-9,15-16,20-21H,6-7,10-14,17-18H2,1-2H3. The normalized spacial score (nSPS) is 19.8. The summed E-state index contributed by atoms with van der Waals surface area (Å²) in [6, 6.07) is 12.2. The maximum Gasteiger partial charge on any atom is 0.219 e. The maximum absolute atomic E-state index is 11.7. The minimum Gasteiger partial charge on any atom is -0.493 e. The van der Waals surface area contributed by atoms with Gasteiger partial charge in [0, 0.05) is 57.7 Å². The van der Waals surface area contributed by atoms with Crippen LogP contribution in [0.2, 0.25) is 0 Å². The molecule has 0 bridgehead atoms. The number of hydrogen-bond acceptors (Lipinski definition) is 5. The smallest absolute Gasteiger partial charge is 0.219 e. The van der Waals surface area contributed by atoms with Gasteiger partial charge in [-0.2, -0.15) is 0 Å². The lowest BCUT2D eigenvalue weighted by atomic mass is 9.93. The van der Waals surface area contributed by atoms with Crippen LogP contribution in [-0.2, 0) is 11.8 Å². The number of rotatable bonds is 5. The van der Waals surface area contributed by atoms with E-state index in [0.717, 1.165) is 74.8 Å². The summed E-state index contributed by atoms with van der Waals surface area (Å²) >= 11 is 0. The number of amides is 1. The summed E-state index contributed by atoms with van der Waals surface area (Å²) in [5.41, 5.74) is 3.17. The van der Waals surface area contributed by atoms with Crippen LogP contribution in [0.5, 0.6) is 5.75 Å². The summed E-state index contributed by atoms with van der Waals surface area (Å²) in [6.45, 7) is 5.98. The molecule has 0 saturated carbocycles. The van der Waals surface area contributed by atoms with Gasteiger partial charge in [0.1, 0.15) is 17.1 Å². The van der Waals surface area contributed by atoms with Crippen molar-refractivity contribution in [1.82, 2.24) is 19.4 Å². The molecule has 1 unspecified atom stereocenters. The van der Waals surface area contributed by atoms with Crippen LogP contribution in [0.1, 0.15) is 44.2 Å². The van der Waals surface area contributed by atoms with E-state index in [1.807, 2.05) is 41.4 Å². The molecular formula is C26H33N5O2. The second-order valence-corrected chi connectivity index (χ2v) is 9.42. The van der Waals surface area contributed by atoms with Crippen molar-refractivity contribution in [3.8, 4) is 5.75 Å². The van der Waals surface area contributed by atoms with Gasteiger partial charge in [0.15, 0.2) is 5.65 Å². The van der Waals surface area contributed by atoms with E-state index in [-0.39, 0.29) is 5.91 Å². The third kappa shape index (κ3) is 4.68. The fourth-order valence-corrected chi connectivity index (χ4v) is 5.26. The molecule has 1 amide bonds. The molecule has 0 N–H and O–H groups in total. The summed E-state index contributed by atoms with van der Waals surface area (Å²) in [7, 11) is 2.10. The van der Waals surface area contributed by atoms with Crippen molar-refractivity contribution in [3.63, 3.8) is 0 Å². The molecule has 1 atom stereocenters. The predicted octanol–water partition coefficient (Wildman–Crippen LogP) is 3.99. The zero-order valence-corrected chi connectivity index (χ0v) is 19.6. The first-order valence-electron chi connectivity index (χ1n) is 12.1. The zero-order chi connectivity index (χ0) is 22.8. The first-order chi connectivity index (χ1) is 16.1. The van der Waals surface area contributed by atoms with Crippen molar-refractivity contribution in [2.24, 2.45) is 13.0 Å². The second kappa shape index (κ2) is 9.41. The predicted molar refractivity (Wildman–Crippen MR) is 130 cm³/mol. The van der Waals surface area contributed by atoms with Crippen LogP contribution in [0.3, 0.4) is 0 Å². The second-order valence-electron chi connectivity index (χ2n) is 9.42. The van der Waals surface area contributed by atoms with E-state index in [1.165, 1.54) is 12.1 Å². The van der Waals surface area contributed by atoms with Gasteiger partial charge >= 0.3 is 0 Å². The van der Waals surface area contributed by atoms with E-state index in [1.54, 1.807) is 6.92 Å². The molecular weight excluding hydrogens is 414 g/mol. The Bertz CT molecular complexity index is 1100. The molecule has 2 aliphatic heterocycles. The summed E-state index contributed by atoms with van der Waals surface area (Å²) < 4.78 is 8.23. The molecule has 2 aliphatic rings. The number of carbonyl (C=O) groups is 1. The number of benzene rings is 1. The van der Waals surface area contributed by atoms with Gasteiger partial charge in [-0.1, -0.05) is 18.2 Å². The maximum atomic E-state index is 11.7. The molecule has 0 aliphatic carbocycles. The Morgan fingerprint density at radius 3 is 2.67 bits per heavy atom. The highest BCUT2D eigenvalue weighted by Gasteiger charge is 2.26. The highest BCUT2D eigenvalue weighted by molar-refractivity contribution is 5.75. The Hall–Kier alpha value is -3.09. The van der Waals surface area contributed by atoms with Gasteiger partial charge in [0.2, 0.25) is 5.91 Å². The van der Waals surface area contributed by atoms with Crippen LogP contribution in [0.15, 0.2) is 42.6 Å². The summed E-state index contributed by atoms with van der Waals surface area (Å²) in [4.78, 5) is 25.8. The fourth-order valence-electron chi connectivity index (χ4n) is 5.26. The lowest BCUT2D eigenvalue weighted by Crippen LogP contribution is -2.38. The van der Waals surface area contributed by atoms with Crippen LogP contribution in [0.25, 0.3) is 11.2 Å². The van der Waals surface area contributed by atoms with Crippen molar-refractivity contribution in [1.29, 1.82) is 0 Å². The number of ether oxygens (including phenoxy) is 1. The van der Waals surface area contributed by atoms with E-state index in [0.29, 0.717) is 11.8 Å². The number of likely N-dealkylation sites (tertiary alicyclic amines) is 1. The Morgan fingerprint density at radius 1 is 1.12 bits per heavy atom. The lowest BCUT2D eigenvalue weighted by Gasteiger charge is -2.33. The third-order valence-corrected chi connectivity index (χ3v) is 7.19. The Balaban J connectivity index is 1.28. The van der Waals surface area contributed by atoms with Crippen molar-refractivity contribution < 1.29 is 9.53 Å². The van der Waals surface area contributed by atoms with Gasteiger partial charge in [-0.3, -0.25) is 4.79 Å². The number of hydrogen-bond donors (Lipinski definition) is 0. The van der Waals surface area contributed by atoms with Gasteiger partial charge in [0.05, 0.1) is 12.8 Å². The number of carbonyl (C=O) groups excluding carboxylic acids is 1. The Labute approximate surface area is 195 Å². The minimum atomic E-state index is 0.174. The van der Waals surface area contributed by atoms with Crippen LogP contribution in [0.4, 0.5) is 5.82 Å². The highest BCUT2D eigenvalue weighted by atomic mass is 16.5. The van der Waals surface area contributed by atoms with E-state index < -0.39 is 0 Å². The molecule has 2 aromatic heterocycles. The molecule has 174 valence electrons. The third-order valence-electron chi connectivity index (χ3n) is 7.19. The number of para-hydroxylation sites is 1. The van der Waals surface area contributed by atoms with Crippen molar-refractivity contribution in [3.05, 3.63) is 48.3 Å². The van der Waals surface area contributed by atoms with Crippen molar-refractivity contribution in [2.75, 3.05) is 37.7 Å². The van der Waals surface area contributed by atoms with Gasteiger partial charge in [0.25, 0.3) is 0 Å². The van der Waals surface area contributed by atoms with Crippen LogP contribution >= 0.6 is 0 Å². The number of piperidine rings is 2. The Kier molecular flexibility index (Phi) is 6.20. The van der Waals surface area contributed by atoms with E-state index in [4.69, 9.17) is 14.7 Å². The molecule has 7 heteroatoms. The van der Waals surface area contributed by atoms with Crippen molar-refractivity contribution in [2.45, 2.75) is 38.5 Å². The molecule has 2 saturated heterocycles. The van der Waals surface area contributed by atoms with E-state index in [2.05, 4.69) is 22.6 Å². The summed E-state index contributed by atoms with van der Waals surface area (Å²) in [5.74, 6) is 2.98. The average Bonchev–Trinajstić information content (AvgIpc) is 3.19. The molecule has 0 radical (unpaired) electrons. The van der Waals surface area contributed by atoms with E-state index in [9.17, 15) is 4.79 Å². The van der Waals surface area contributed by atoms with Gasteiger partial charge < -0.3 is 19.1 Å². The molecule has 0 spiro atoms. The molecule has 5 rings (SSSR count). The Morgan fingerprint density at radius 2 is 1.91 bits per heavy atom. The van der Waals surface area contributed by atoms with E-state index >= 15 is 0 Å². The van der Waals surface area contributed by atoms with Crippen LogP contribution < -0.4 is 9.64 Å². The summed E-state index contributed by atoms with van der Waals surface area (Å²) in [6.07, 6.45) is 6.21.